The Morgan fingerprint density at radius 3 is 2.67 bits per heavy atom. The molecule has 1 aromatic carbocycles. The molecule has 24 heavy (non-hydrogen) atoms. The average Bonchev–Trinajstić information content (AvgIpc) is 2.83. The minimum Gasteiger partial charge on any atom is -0.452 e. The van der Waals surface area contributed by atoms with Crippen LogP contribution < -0.4 is 5.32 Å². The summed E-state index contributed by atoms with van der Waals surface area (Å²) in [6.45, 7) is -0.608. The van der Waals surface area contributed by atoms with E-state index in [-0.39, 0.29) is 33.7 Å². The second kappa shape index (κ2) is 7.93. The minimum absolute atomic E-state index is 0.00988. The third-order valence-corrected chi connectivity index (χ3v) is 5.81. The highest BCUT2D eigenvalue weighted by Gasteiger charge is 2.29. The van der Waals surface area contributed by atoms with Gasteiger partial charge >= 0.3 is 5.97 Å². The molecule has 1 amide bonds. The molecule has 1 atom stereocenters. The summed E-state index contributed by atoms with van der Waals surface area (Å²) in [6.07, 6.45) is 0.315. The van der Waals surface area contributed by atoms with E-state index in [0.717, 1.165) is 0 Å². The van der Waals surface area contributed by atoms with Crippen LogP contribution >= 0.6 is 11.8 Å². The maximum absolute atomic E-state index is 12.5. The molecule has 1 saturated heterocycles. The van der Waals surface area contributed by atoms with E-state index in [4.69, 9.17) is 4.74 Å². The first-order chi connectivity index (χ1) is 11.3. The predicted octanol–water partition coefficient (Wildman–Crippen LogP) is 1.46. The molecule has 0 aromatic heterocycles. The number of hydrogen-bond donors (Lipinski definition) is 1. The zero-order valence-corrected chi connectivity index (χ0v) is 14.0. The van der Waals surface area contributed by atoms with Gasteiger partial charge in [-0.2, -0.15) is 8.78 Å². The lowest BCUT2D eigenvalue weighted by Crippen LogP contribution is -2.38. The highest BCUT2D eigenvalue weighted by Crippen LogP contribution is 2.28. The van der Waals surface area contributed by atoms with Gasteiger partial charge in [-0.25, -0.2) is 13.2 Å². The molecule has 10 heteroatoms. The molecule has 2 rings (SSSR count). The molecular formula is C14H15F2NO5S2. The number of carbonyl (C=O) groups is 2. The summed E-state index contributed by atoms with van der Waals surface area (Å²) in [7, 11) is -3.13. The molecule has 1 aliphatic heterocycles. The summed E-state index contributed by atoms with van der Waals surface area (Å²) in [5.41, 5.74) is -0.0564. The lowest BCUT2D eigenvalue weighted by molar-refractivity contribution is -0.124. The predicted molar refractivity (Wildman–Crippen MR) is 83.8 cm³/mol. The molecule has 0 bridgehead atoms. The molecule has 0 saturated carbocycles. The van der Waals surface area contributed by atoms with Crippen LogP contribution in [0.5, 0.6) is 0 Å². The standard InChI is InChI=1S/C14H15F2NO5S2/c15-14(16)23-11-4-2-1-3-10(11)13(19)22-7-12(18)17-9-5-6-24(20,21)8-9/h1-4,9,14H,5-8H2,(H,17,18)/t9-/m1/s1. The first kappa shape index (κ1) is 18.7. The second-order valence-electron chi connectivity index (χ2n) is 5.12. The number of esters is 1. The fraction of sp³-hybridized carbons (Fsp3) is 0.429. The van der Waals surface area contributed by atoms with Crippen molar-refractivity contribution in [2.24, 2.45) is 0 Å². The van der Waals surface area contributed by atoms with Crippen LogP contribution in [0.4, 0.5) is 8.78 Å². The lowest BCUT2D eigenvalue weighted by atomic mass is 10.2. The number of benzene rings is 1. The van der Waals surface area contributed by atoms with E-state index in [1.54, 1.807) is 0 Å². The quantitative estimate of drug-likeness (QED) is 0.595. The van der Waals surface area contributed by atoms with E-state index >= 15 is 0 Å². The highest BCUT2D eigenvalue weighted by molar-refractivity contribution is 7.99. The van der Waals surface area contributed by atoms with Crippen LogP contribution in [0, 0.1) is 0 Å². The molecule has 1 heterocycles. The smallest absolute Gasteiger partial charge is 0.339 e. The zero-order valence-electron chi connectivity index (χ0n) is 12.4. The van der Waals surface area contributed by atoms with E-state index < -0.39 is 40.1 Å². The summed E-state index contributed by atoms with van der Waals surface area (Å²) in [5.74, 6) is -4.35. The van der Waals surface area contributed by atoms with Gasteiger partial charge in [-0.15, -0.1) is 0 Å². The molecular weight excluding hydrogens is 364 g/mol. The number of amides is 1. The highest BCUT2D eigenvalue weighted by atomic mass is 32.2. The van der Waals surface area contributed by atoms with E-state index in [2.05, 4.69) is 5.32 Å². The Morgan fingerprint density at radius 1 is 1.33 bits per heavy atom. The first-order valence-corrected chi connectivity index (χ1v) is 9.68. The Labute approximate surface area is 141 Å². The number of rotatable bonds is 6. The number of thioether (sulfide) groups is 1. The second-order valence-corrected chi connectivity index (χ2v) is 8.38. The van der Waals surface area contributed by atoms with Crippen LogP contribution in [0.25, 0.3) is 0 Å². The minimum atomic E-state index is -3.13. The van der Waals surface area contributed by atoms with Crippen LogP contribution in [0.1, 0.15) is 16.8 Å². The Morgan fingerprint density at radius 2 is 2.04 bits per heavy atom. The van der Waals surface area contributed by atoms with Gasteiger partial charge in [-0.3, -0.25) is 4.79 Å². The summed E-state index contributed by atoms with van der Waals surface area (Å²) in [5, 5.41) is 2.47. The van der Waals surface area contributed by atoms with E-state index in [1.807, 2.05) is 0 Å². The molecule has 0 radical (unpaired) electrons. The van der Waals surface area contributed by atoms with Gasteiger partial charge in [-0.05, 0) is 18.6 Å². The summed E-state index contributed by atoms with van der Waals surface area (Å²) < 4.78 is 52.3. The fourth-order valence-electron chi connectivity index (χ4n) is 2.22. The van der Waals surface area contributed by atoms with Gasteiger partial charge in [0.25, 0.3) is 11.7 Å². The monoisotopic (exact) mass is 379 g/mol. The van der Waals surface area contributed by atoms with Crippen molar-refractivity contribution in [1.29, 1.82) is 0 Å². The maximum atomic E-state index is 12.5. The van der Waals surface area contributed by atoms with Gasteiger partial charge in [-0.1, -0.05) is 23.9 Å². The van der Waals surface area contributed by atoms with Gasteiger partial charge in [0.05, 0.1) is 17.1 Å². The normalized spacial score (nSPS) is 19.2. The van der Waals surface area contributed by atoms with Crippen LogP contribution in [0.15, 0.2) is 29.2 Å². The van der Waals surface area contributed by atoms with Gasteiger partial charge in [0.15, 0.2) is 16.4 Å². The molecule has 1 fully saturated rings. The Bertz CT molecular complexity index is 724. The van der Waals surface area contributed by atoms with Crippen molar-refractivity contribution < 1.29 is 31.5 Å². The van der Waals surface area contributed by atoms with Crippen molar-refractivity contribution in [3.05, 3.63) is 29.8 Å². The molecule has 1 aliphatic rings. The van der Waals surface area contributed by atoms with E-state index in [0.29, 0.717) is 6.42 Å². The van der Waals surface area contributed by atoms with Crippen molar-refractivity contribution >= 4 is 33.5 Å². The van der Waals surface area contributed by atoms with Crippen molar-refractivity contribution in [3.8, 4) is 0 Å². The number of hydrogen-bond acceptors (Lipinski definition) is 6. The van der Waals surface area contributed by atoms with Gasteiger partial charge < -0.3 is 10.1 Å². The maximum Gasteiger partial charge on any atom is 0.339 e. The van der Waals surface area contributed by atoms with Crippen LogP contribution in [-0.2, 0) is 19.4 Å². The Hall–Kier alpha value is -1.68. The van der Waals surface area contributed by atoms with Crippen LogP contribution in [0.2, 0.25) is 0 Å². The molecule has 6 nitrogen and oxygen atoms in total. The molecule has 132 valence electrons. The summed E-state index contributed by atoms with van der Waals surface area (Å²) >= 11 is 0.212. The van der Waals surface area contributed by atoms with Crippen molar-refractivity contribution in [3.63, 3.8) is 0 Å². The number of nitrogens with one attached hydrogen (secondary N) is 1. The number of alkyl halides is 2. The number of carbonyl (C=O) groups excluding carboxylic acids is 2. The topological polar surface area (TPSA) is 89.5 Å². The summed E-state index contributed by atoms with van der Waals surface area (Å²) in [4.78, 5) is 23.7. The zero-order chi connectivity index (χ0) is 17.7. The SMILES string of the molecule is O=C(COC(=O)c1ccccc1SC(F)F)N[C@@H]1CCS(=O)(=O)C1. The fourth-order valence-corrected chi connectivity index (χ4v) is 4.52. The Balaban J connectivity index is 1.88. The summed E-state index contributed by atoms with van der Waals surface area (Å²) in [6, 6.07) is 5.19. The molecule has 0 unspecified atom stereocenters. The van der Waals surface area contributed by atoms with Gasteiger partial charge in [0.2, 0.25) is 0 Å². The third kappa shape index (κ3) is 5.45. The number of halogens is 2. The van der Waals surface area contributed by atoms with Crippen molar-refractivity contribution in [1.82, 2.24) is 5.32 Å². The number of sulfone groups is 1. The molecule has 1 aromatic rings. The van der Waals surface area contributed by atoms with Gasteiger partial charge in [0, 0.05) is 10.9 Å². The van der Waals surface area contributed by atoms with Crippen LogP contribution in [0.3, 0.4) is 0 Å². The molecule has 0 spiro atoms. The molecule has 1 N–H and O–H groups in total. The van der Waals surface area contributed by atoms with Crippen LogP contribution in [-0.4, -0.2) is 50.2 Å². The average molecular weight is 379 g/mol. The Kier molecular flexibility index (Phi) is 6.16. The van der Waals surface area contributed by atoms with E-state index in [1.165, 1.54) is 24.3 Å². The van der Waals surface area contributed by atoms with Crippen molar-refractivity contribution in [2.75, 3.05) is 18.1 Å². The first-order valence-electron chi connectivity index (χ1n) is 6.97. The van der Waals surface area contributed by atoms with E-state index in [9.17, 15) is 26.8 Å². The largest absolute Gasteiger partial charge is 0.452 e. The van der Waals surface area contributed by atoms with Gasteiger partial charge in [0.1, 0.15) is 0 Å². The molecule has 0 aliphatic carbocycles. The third-order valence-electron chi connectivity index (χ3n) is 3.25. The van der Waals surface area contributed by atoms with Crippen molar-refractivity contribution in [2.45, 2.75) is 23.1 Å². The lowest BCUT2D eigenvalue weighted by Gasteiger charge is -2.12. The number of ether oxygens (including phenoxy) is 1.